The van der Waals surface area contributed by atoms with Gasteiger partial charge in [-0.3, -0.25) is 0 Å². The van der Waals surface area contributed by atoms with Crippen molar-refractivity contribution in [2.75, 3.05) is 6.26 Å². The molecule has 0 radical (unpaired) electrons. The zero-order chi connectivity index (χ0) is 11.5. The van der Waals surface area contributed by atoms with E-state index in [1.807, 2.05) is 6.26 Å². The number of rotatable bonds is 3. The summed E-state index contributed by atoms with van der Waals surface area (Å²) in [5, 5.41) is 13.4. The molecule has 82 valence electrons. The molecule has 0 aromatic carbocycles. The van der Waals surface area contributed by atoms with Crippen molar-refractivity contribution in [3.05, 3.63) is 30.4 Å². The Kier molecular flexibility index (Phi) is 2.86. The molecule has 0 saturated heterocycles. The van der Waals surface area contributed by atoms with Gasteiger partial charge in [0.25, 0.3) is 0 Å². The van der Waals surface area contributed by atoms with Crippen LogP contribution in [0.3, 0.4) is 0 Å². The van der Waals surface area contributed by atoms with E-state index >= 15 is 0 Å². The highest BCUT2D eigenvalue weighted by Gasteiger charge is 2.08. The maximum atomic E-state index is 10.7. The molecule has 0 aliphatic rings. The largest absolute Gasteiger partial charge is 0.476 e. The maximum Gasteiger partial charge on any atom is 0.356 e. The Bertz CT molecular complexity index is 526. The van der Waals surface area contributed by atoms with Gasteiger partial charge < -0.3 is 5.11 Å². The van der Waals surface area contributed by atoms with Gasteiger partial charge >= 0.3 is 5.97 Å². The first-order chi connectivity index (χ1) is 7.70. The Balaban J connectivity index is 2.38. The SMILES string of the molecule is CSc1cc(-n2ccc(C(=O)O)n2)ncn1. The van der Waals surface area contributed by atoms with E-state index in [-0.39, 0.29) is 5.69 Å². The summed E-state index contributed by atoms with van der Waals surface area (Å²) >= 11 is 1.48. The van der Waals surface area contributed by atoms with Crippen molar-refractivity contribution in [1.29, 1.82) is 0 Å². The summed E-state index contributed by atoms with van der Waals surface area (Å²) in [6, 6.07) is 3.16. The summed E-state index contributed by atoms with van der Waals surface area (Å²) in [7, 11) is 0. The van der Waals surface area contributed by atoms with E-state index in [0.29, 0.717) is 5.82 Å². The van der Waals surface area contributed by atoms with E-state index in [1.54, 1.807) is 12.3 Å². The van der Waals surface area contributed by atoms with Crippen LogP contribution < -0.4 is 0 Å². The fourth-order valence-electron chi connectivity index (χ4n) is 1.13. The van der Waals surface area contributed by atoms with Gasteiger partial charge in [0, 0.05) is 12.3 Å². The van der Waals surface area contributed by atoms with Crippen molar-refractivity contribution in [2.45, 2.75) is 5.03 Å². The molecule has 0 unspecified atom stereocenters. The van der Waals surface area contributed by atoms with Crippen molar-refractivity contribution in [2.24, 2.45) is 0 Å². The lowest BCUT2D eigenvalue weighted by Gasteiger charge is -2.00. The normalized spacial score (nSPS) is 10.3. The van der Waals surface area contributed by atoms with Crippen LogP contribution in [0.5, 0.6) is 0 Å². The van der Waals surface area contributed by atoms with Crippen molar-refractivity contribution < 1.29 is 9.90 Å². The first kappa shape index (κ1) is 10.6. The van der Waals surface area contributed by atoms with Crippen molar-refractivity contribution in [1.82, 2.24) is 19.7 Å². The first-order valence-corrected chi connectivity index (χ1v) is 5.58. The second-order valence-corrected chi connectivity index (χ2v) is 3.70. The lowest BCUT2D eigenvalue weighted by Crippen LogP contribution is -2.03. The standard InChI is InChI=1S/C9H8N4O2S/c1-16-8-4-7(10-5-11-8)13-3-2-6(12-13)9(14)15/h2-5H,1H3,(H,14,15). The molecule has 0 fully saturated rings. The average Bonchev–Trinajstić information content (AvgIpc) is 2.78. The van der Waals surface area contributed by atoms with Crippen LogP contribution in [0, 0.1) is 0 Å². The van der Waals surface area contributed by atoms with Gasteiger partial charge in [-0.15, -0.1) is 11.8 Å². The van der Waals surface area contributed by atoms with E-state index in [2.05, 4.69) is 15.1 Å². The van der Waals surface area contributed by atoms with Crippen molar-refractivity contribution in [3.8, 4) is 5.82 Å². The van der Waals surface area contributed by atoms with E-state index in [9.17, 15) is 4.79 Å². The molecule has 0 spiro atoms. The van der Waals surface area contributed by atoms with Gasteiger partial charge in [0.2, 0.25) is 0 Å². The molecule has 2 aromatic rings. The molecule has 0 saturated carbocycles. The fourth-order valence-corrected chi connectivity index (χ4v) is 1.51. The molecule has 6 nitrogen and oxygen atoms in total. The number of aromatic nitrogens is 4. The zero-order valence-electron chi connectivity index (χ0n) is 8.36. The Labute approximate surface area is 95.3 Å². The average molecular weight is 236 g/mol. The van der Waals surface area contributed by atoms with E-state index in [1.165, 1.54) is 28.8 Å². The molecule has 2 aromatic heterocycles. The van der Waals surface area contributed by atoms with Crippen LogP contribution >= 0.6 is 11.8 Å². The number of hydrogen-bond acceptors (Lipinski definition) is 5. The fraction of sp³-hybridized carbons (Fsp3) is 0.111. The summed E-state index contributed by atoms with van der Waals surface area (Å²) < 4.78 is 1.41. The molecule has 0 aliphatic carbocycles. The number of aromatic carboxylic acids is 1. The molecule has 7 heteroatoms. The number of carboxylic acid groups (broad SMARTS) is 1. The minimum atomic E-state index is -1.06. The Hall–Kier alpha value is -1.89. The molecule has 16 heavy (non-hydrogen) atoms. The molecule has 0 amide bonds. The maximum absolute atomic E-state index is 10.7. The van der Waals surface area contributed by atoms with E-state index < -0.39 is 5.97 Å². The van der Waals surface area contributed by atoms with Crippen molar-refractivity contribution in [3.63, 3.8) is 0 Å². The third-order valence-corrected chi connectivity index (χ3v) is 2.52. The topological polar surface area (TPSA) is 80.9 Å². The summed E-state index contributed by atoms with van der Waals surface area (Å²) in [6.07, 6.45) is 4.87. The van der Waals surface area contributed by atoms with Crippen LogP contribution in [0.4, 0.5) is 0 Å². The lowest BCUT2D eigenvalue weighted by atomic mass is 10.5. The second kappa shape index (κ2) is 4.31. The molecule has 2 heterocycles. The Morgan fingerprint density at radius 3 is 2.94 bits per heavy atom. The van der Waals surface area contributed by atoms with Gasteiger partial charge in [-0.2, -0.15) is 5.10 Å². The Morgan fingerprint density at radius 1 is 1.50 bits per heavy atom. The summed E-state index contributed by atoms with van der Waals surface area (Å²) in [6.45, 7) is 0. The number of carbonyl (C=O) groups is 1. The molecule has 0 aliphatic heterocycles. The van der Waals surface area contributed by atoms with Crippen LogP contribution in [0.1, 0.15) is 10.5 Å². The van der Waals surface area contributed by atoms with Crippen LogP contribution in [-0.4, -0.2) is 37.1 Å². The first-order valence-electron chi connectivity index (χ1n) is 4.36. The van der Waals surface area contributed by atoms with Crippen LogP contribution in [0.2, 0.25) is 0 Å². The van der Waals surface area contributed by atoms with Crippen LogP contribution in [-0.2, 0) is 0 Å². The molecule has 2 rings (SSSR count). The van der Waals surface area contributed by atoms with Gasteiger partial charge in [0.05, 0.1) is 0 Å². The highest BCUT2D eigenvalue weighted by atomic mass is 32.2. The Morgan fingerprint density at radius 2 is 2.31 bits per heavy atom. The second-order valence-electron chi connectivity index (χ2n) is 2.87. The number of nitrogens with zero attached hydrogens (tertiary/aromatic N) is 4. The minimum absolute atomic E-state index is 0.00989. The zero-order valence-corrected chi connectivity index (χ0v) is 9.18. The van der Waals surface area contributed by atoms with Crippen LogP contribution in [0.15, 0.2) is 29.7 Å². The highest BCUT2D eigenvalue weighted by Crippen LogP contribution is 2.13. The summed E-state index contributed by atoms with van der Waals surface area (Å²) in [5.41, 5.74) is -0.00989. The smallest absolute Gasteiger partial charge is 0.356 e. The molecule has 0 bridgehead atoms. The monoisotopic (exact) mass is 236 g/mol. The third-order valence-electron chi connectivity index (χ3n) is 1.88. The number of carboxylic acids is 1. The molecular formula is C9H8N4O2S. The molecule has 1 N–H and O–H groups in total. The van der Waals surface area contributed by atoms with Gasteiger partial charge in [-0.05, 0) is 12.3 Å². The number of thioether (sulfide) groups is 1. The quantitative estimate of drug-likeness (QED) is 0.634. The van der Waals surface area contributed by atoms with Crippen LogP contribution in [0.25, 0.3) is 5.82 Å². The van der Waals surface area contributed by atoms with Crippen molar-refractivity contribution >= 4 is 17.7 Å². The predicted molar refractivity (Wildman–Crippen MR) is 57.9 cm³/mol. The molecule has 0 atom stereocenters. The predicted octanol–water partition coefficient (Wildman–Crippen LogP) is 1.08. The number of hydrogen-bond donors (Lipinski definition) is 1. The lowest BCUT2D eigenvalue weighted by molar-refractivity contribution is 0.0690. The van der Waals surface area contributed by atoms with Gasteiger partial charge in [-0.1, -0.05) is 0 Å². The van der Waals surface area contributed by atoms with Gasteiger partial charge in [0.1, 0.15) is 11.4 Å². The highest BCUT2D eigenvalue weighted by molar-refractivity contribution is 7.98. The van der Waals surface area contributed by atoms with Gasteiger partial charge in [-0.25, -0.2) is 19.4 Å². The summed E-state index contributed by atoms with van der Waals surface area (Å²) in [4.78, 5) is 18.7. The third kappa shape index (κ3) is 2.03. The van der Waals surface area contributed by atoms with E-state index in [4.69, 9.17) is 5.11 Å². The summed E-state index contributed by atoms with van der Waals surface area (Å²) in [5.74, 6) is -0.509. The van der Waals surface area contributed by atoms with E-state index in [0.717, 1.165) is 5.03 Å². The molecular weight excluding hydrogens is 228 g/mol. The minimum Gasteiger partial charge on any atom is -0.476 e. The van der Waals surface area contributed by atoms with Gasteiger partial charge in [0.15, 0.2) is 11.5 Å².